The number of nitriles is 1. The van der Waals surface area contributed by atoms with Gasteiger partial charge in [-0.15, -0.1) is 0 Å². The summed E-state index contributed by atoms with van der Waals surface area (Å²) in [6.07, 6.45) is 0. The highest BCUT2D eigenvalue weighted by molar-refractivity contribution is 5.80. The molecule has 13 heavy (non-hydrogen) atoms. The van der Waals surface area contributed by atoms with E-state index >= 15 is 0 Å². The standard InChI is InChI=1S/C6H12O.C5H9N/c1-5(7)6(2,3)4;1-5(2,3)4-6/h1-4H3;1-3H3. The summed E-state index contributed by atoms with van der Waals surface area (Å²) in [7, 11) is 0. The first kappa shape index (κ1) is 14.7. The molecule has 76 valence electrons. The van der Waals surface area contributed by atoms with E-state index in [4.69, 9.17) is 5.26 Å². The number of rotatable bonds is 0. The van der Waals surface area contributed by atoms with Crippen molar-refractivity contribution in [3.63, 3.8) is 0 Å². The van der Waals surface area contributed by atoms with Crippen LogP contribution in [0, 0.1) is 22.2 Å². The fraction of sp³-hybridized carbons (Fsp3) is 0.818. The van der Waals surface area contributed by atoms with Crippen molar-refractivity contribution in [2.75, 3.05) is 0 Å². The second kappa shape index (κ2) is 5.01. The second-order valence-corrected chi connectivity index (χ2v) is 5.17. The van der Waals surface area contributed by atoms with Crippen molar-refractivity contribution in [3.05, 3.63) is 0 Å². The minimum absolute atomic E-state index is 0.139. The summed E-state index contributed by atoms with van der Waals surface area (Å²) >= 11 is 0. The van der Waals surface area contributed by atoms with Gasteiger partial charge in [0, 0.05) is 10.8 Å². The molecule has 0 unspecified atom stereocenters. The number of carbonyl (C=O) groups is 1. The minimum atomic E-state index is -0.153. The summed E-state index contributed by atoms with van der Waals surface area (Å²) in [4.78, 5) is 10.5. The summed E-state index contributed by atoms with van der Waals surface area (Å²) in [5.41, 5.74) is -0.292. The van der Waals surface area contributed by atoms with Crippen LogP contribution in [0.5, 0.6) is 0 Å². The van der Waals surface area contributed by atoms with Crippen LogP contribution < -0.4 is 0 Å². The molecular weight excluding hydrogens is 162 g/mol. The third-order valence-corrected chi connectivity index (χ3v) is 1.39. The molecule has 0 atom stereocenters. The van der Waals surface area contributed by atoms with Gasteiger partial charge in [-0.1, -0.05) is 20.8 Å². The zero-order valence-corrected chi connectivity index (χ0v) is 9.86. The van der Waals surface area contributed by atoms with Gasteiger partial charge in [0.1, 0.15) is 5.78 Å². The number of hydrogen-bond donors (Lipinski definition) is 0. The Balaban J connectivity index is 0. The van der Waals surface area contributed by atoms with Crippen molar-refractivity contribution >= 4 is 5.78 Å². The van der Waals surface area contributed by atoms with Gasteiger partial charge in [0.25, 0.3) is 0 Å². The molecule has 0 saturated heterocycles. The molecular formula is C11H21NO. The second-order valence-electron chi connectivity index (χ2n) is 5.17. The molecule has 0 spiro atoms. The Morgan fingerprint density at radius 2 is 1.23 bits per heavy atom. The van der Waals surface area contributed by atoms with Crippen molar-refractivity contribution in [2.45, 2.75) is 48.5 Å². The molecule has 0 amide bonds. The highest BCUT2D eigenvalue weighted by Gasteiger charge is 2.14. The van der Waals surface area contributed by atoms with Gasteiger partial charge in [-0.2, -0.15) is 5.26 Å². The van der Waals surface area contributed by atoms with E-state index in [2.05, 4.69) is 6.07 Å². The monoisotopic (exact) mass is 183 g/mol. The van der Waals surface area contributed by atoms with Crippen LogP contribution >= 0.6 is 0 Å². The Kier molecular flexibility index (Phi) is 5.66. The molecule has 0 heterocycles. The summed E-state index contributed by atoms with van der Waals surface area (Å²) in [5.74, 6) is 0.243. The lowest BCUT2D eigenvalue weighted by atomic mass is 9.92. The first-order valence-electron chi connectivity index (χ1n) is 4.43. The molecule has 0 aromatic carbocycles. The van der Waals surface area contributed by atoms with Gasteiger partial charge in [-0.25, -0.2) is 0 Å². The van der Waals surface area contributed by atoms with Gasteiger partial charge in [0.2, 0.25) is 0 Å². The van der Waals surface area contributed by atoms with Crippen LogP contribution in [-0.2, 0) is 4.79 Å². The third kappa shape index (κ3) is 14.1. The number of hydrogen-bond acceptors (Lipinski definition) is 2. The van der Waals surface area contributed by atoms with Crippen LogP contribution in [-0.4, -0.2) is 5.78 Å². The fourth-order valence-electron chi connectivity index (χ4n) is 0. The van der Waals surface area contributed by atoms with Crippen LogP contribution in [0.2, 0.25) is 0 Å². The van der Waals surface area contributed by atoms with Crippen LogP contribution in [0.4, 0.5) is 0 Å². The molecule has 0 aromatic heterocycles. The molecule has 0 fully saturated rings. The van der Waals surface area contributed by atoms with Crippen LogP contribution in [0.1, 0.15) is 48.5 Å². The van der Waals surface area contributed by atoms with Gasteiger partial charge < -0.3 is 0 Å². The Labute approximate surface area is 81.9 Å². The molecule has 2 heteroatoms. The summed E-state index contributed by atoms with van der Waals surface area (Å²) < 4.78 is 0. The molecule has 2 nitrogen and oxygen atoms in total. The summed E-state index contributed by atoms with van der Waals surface area (Å²) in [6.45, 7) is 13.0. The maximum atomic E-state index is 10.5. The van der Waals surface area contributed by atoms with Gasteiger partial charge in [0.15, 0.2) is 0 Å². The van der Waals surface area contributed by atoms with E-state index in [9.17, 15) is 4.79 Å². The molecule has 0 N–H and O–H groups in total. The third-order valence-electron chi connectivity index (χ3n) is 1.39. The van der Waals surface area contributed by atoms with Gasteiger partial charge in [0.05, 0.1) is 6.07 Å². The van der Waals surface area contributed by atoms with E-state index < -0.39 is 0 Å². The number of nitrogens with zero attached hydrogens (tertiary/aromatic N) is 1. The van der Waals surface area contributed by atoms with E-state index in [1.165, 1.54) is 0 Å². The summed E-state index contributed by atoms with van der Waals surface area (Å²) in [5, 5.41) is 8.15. The molecule has 0 aliphatic heterocycles. The van der Waals surface area contributed by atoms with E-state index in [-0.39, 0.29) is 16.6 Å². The maximum absolute atomic E-state index is 10.5. The number of Topliss-reactive ketones (excluding diaryl/α,β-unsaturated/α-hetero) is 1. The molecule has 0 rings (SSSR count). The quantitative estimate of drug-likeness (QED) is 0.578. The van der Waals surface area contributed by atoms with Crippen LogP contribution in [0.15, 0.2) is 0 Å². The van der Waals surface area contributed by atoms with Gasteiger partial charge >= 0.3 is 0 Å². The Bertz CT molecular complexity index is 198. The van der Waals surface area contributed by atoms with E-state index in [1.807, 2.05) is 41.5 Å². The molecule has 0 radical (unpaired) electrons. The predicted octanol–water partition coefficient (Wildman–Crippen LogP) is 3.18. The van der Waals surface area contributed by atoms with Crippen molar-refractivity contribution < 1.29 is 4.79 Å². The number of ketones is 1. The van der Waals surface area contributed by atoms with E-state index in [0.717, 1.165) is 0 Å². The average Bonchev–Trinajstić information content (AvgIpc) is 1.85. The highest BCUT2D eigenvalue weighted by atomic mass is 16.1. The summed E-state index contributed by atoms with van der Waals surface area (Å²) in [6, 6.07) is 2.10. The first-order valence-corrected chi connectivity index (χ1v) is 4.43. The lowest BCUT2D eigenvalue weighted by Gasteiger charge is -2.11. The first-order chi connectivity index (χ1) is 5.50. The van der Waals surface area contributed by atoms with Crippen molar-refractivity contribution in [2.24, 2.45) is 10.8 Å². The number of carbonyl (C=O) groups excluding carboxylic acids is 1. The highest BCUT2D eigenvalue weighted by Crippen LogP contribution is 2.12. The Morgan fingerprint density at radius 3 is 1.23 bits per heavy atom. The zero-order chi connectivity index (χ0) is 11.3. The van der Waals surface area contributed by atoms with Crippen molar-refractivity contribution in [1.82, 2.24) is 0 Å². The normalized spacial score (nSPS) is 10.9. The molecule has 0 aliphatic carbocycles. The zero-order valence-electron chi connectivity index (χ0n) is 9.86. The van der Waals surface area contributed by atoms with Gasteiger partial charge in [-0.05, 0) is 27.7 Å². The lowest BCUT2D eigenvalue weighted by molar-refractivity contribution is -0.124. The molecule has 0 bridgehead atoms. The fourth-order valence-corrected chi connectivity index (χ4v) is 0. The van der Waals surface area contributed by atoms with Crippen LogP contribution in [0.25, 0.3) is 0 Å². The van der Waals surface area contributed by atoms with Crippen molar-refractivity contribution in [3.8, 4) is 6.07 Å². The Morgan fingerprint density at radius 1 is 1.08 bits per heavy atom. The molecule has 0 saturated carbocycles. The smallest absolute Gasteiger partial charge is 0.135 e. The predicted molar refractivity (Wildman–Crippen MR) is 55.2 cm³/mol. The molecule has 0 aliphatic rings. The van der Waals surface area contributed by atoms with E-state index in [1.54, 1.807) is 6.92 Å². The van der Waals surface area contributed by atoms with Crippen molar-refractivity contribution in [1.29, 1.82) is 5.26 Å². The topological polar surface area (TPSA) is 40.9 Å². The minimum Gasteiger partial charge on any atom is -0.299 e. The van der Waals surface area contributed by atoms with E-state index in [0.29, 0.717) is 0 Å². The average molecular weight is 183 g/mol. The van der Waals surface area contributed by atoms with Crippen LogP contribution in [0.3, 0.4) is 0 Å². The lowest BCUT2D eigenvalue weighted by Crippen LogP contribution is -2.15. The largest absolute Gasteiger partial charge is 0.299 e. The SMILES string of the molecule is CC(=O)C(C)(C)C.CC(C)(C)C#N. The maximum Gasteiger partial charge on any atom is 0.135 e. The molecule has 0 aromatic rings. The van der Waals surface area contributed by atoms with Gasteiger partial charge in [-0.3, -0.25) is 4.79 Å². The Hall–Kier alpha value is -0.840.